The van der Waals surface area contributed by atoms with Gasteiger partial charge in [-0.1, -0.05) is 19.3 Å². The molecule has 1 aromatic rings. The van der Waals surface area contributed by atoms with Crippen LogP contribution in [0.4, 0.5) is 8.78 Å². The molecule has 3 fully saturated rings. The third-order valence-corrected chi connectivity index (χ3v) is 8.03. The number of rotatable bonds is 4. The number of benzene rings is 1. The molecule has 5 nitrogen and oxygen atoms in total. The third-order valence-electron chi connectivity index (χ3n) is 6.07. The summed E-state index contributed by atoms with van der Waals surface area (Å²) in [7, 11) is -4.32. The molecule has 1 amide bonds. The highest BCUT2D eigenvalue weighted by Crippen LogP contribution is 2.41. The normalized spacial score (nSPS) is 23.8. The molecular formula is C19H24F2N2O3S. The fourth-order valence-electron chi connectivity index (χ4n) is 4.44. The maximum absolute atomic E-state index is 14.3. The topological polar surface area (TPSA) is 57.7 Å². The van der Waals surface area contributed by atoms with E-state index in [0.29, 0.717) is 37.9 Å². The van der Waals surface area contributed by atoms with Crippen molar-refractivity contribution in [2.45, 2.75) is 55.4 Å². The van der Waals surface area contributed by atoms with Gasteiger partial charge in [-0.05, 0) is 49.8 Å². The van der Waals surface area contributed by atoms with Crippen LogP contribution in [0.15, 0.2) is 23.1 Å². The second-order valence-corrected chi connectivity index (χ2v) is 9.92. The molecule has 0 radical (unpaired) electrons. The van der Waals surface area contributed by atoms with E-state index in [1.54, 1.807) is 4.90 Å². The third kappa shape index (κ3) is 3.49. The van der Waals surface area contributed by atoms with Gasteiger partial charge in [0.2, 0.25) is 15.9 Å². The maximum atomic E-state index is 14.3. The van der Waals surface area contributed by atoms with E-state index < -0.39 is 32.1 Å². The molecule has 0 unspecified atom stereocenters. The van der Waals surface area contributed by atoms with E-state index in [9.17, 15) is 22.0 Å². The Morgan fingerprint density at radius 1 is 1.11 bits per heavy atom. The van der Waals surface area contributed by atoms with E-state index in [-0.39, 0.29) is 12.5 Å². The molecule has 2 aliphatic carbocycles. The molecule has 3 aliphatic rings. The zero-order chi connectivity index (χ0) is 19.2. The Bertz CT molecular complexity index is 849. The lowest BCUT2D eigenvalue weighted by Crippen LogP contribution is -2.66. The lowest BCUT2D eigenvalue weighted by Gasteiger charge is -2.51. The lowest BCUT2D eigenvalue weighted by atomic mass is 9.80. The predicted octanol–water partition coefficient (Wildman–Crippen LogP) is 2.91. The Balaban J connectivity index is 1.72. The molecular weight excluding hydrogens is 374 g/mol. The van der Waals surface area contributed by atoms with Crippen LogP contribution in [0.3, 0.4) is 0 Å². The molecule has 1 saturated heterocycles. The van der Waals surface area contributed by atoms with Crippen molar-refractivity contribution in [3.63, 3.8) is 0 Å². The van der Waals surface area contributed by atoms with Crippen LogP contribution in [0, 0.1) is 17.6 Å². The summed E-state index contributed by atoms with van der Waals surface area (Å²) in [6, 6.07) is 2.42. The van der Waals surface area contributed by atoms with Crippen molar-refractivity contribution in [3.8, 4) is 0 Å². The highest BCUT2D eigenvalue weighted by Gasteiger charge is 2.51. The van der Waals surface area contributed by atoms with Crippen LogP contribution < -0.4 is 0 Å². The maximum Gasteiger partial charge on any atom is 0.247 e. The average molecular weight is 398 g/mol. The number of piperazine rings is 1. The van der Waals surface area contributed by atoms with Crippen molar-refractivity contribution in [3.05, 3.63) is 29.8 Å². The summed E-state index contributed by atoms with van der Waals surface area (Å²) in [5.41, 5.74) is -0.724. The number of carbonyl (C=O) groups excluding carboxylic acids is 1. The standard InChI is InChI=1S/C19H24F2N2O3S/c20-15-6-7-16(21)17(10-15)27(25,26)23-12-18(24)22(11-14-4-5-14)13-19(23)8-2-1-3-9-19/h6-7,10,14H,1-5,8-9,11-13H2. The van der Waals surface area contributed by atoms with Crippen molar-refractivity contribution in [2.75, 3.05) is 19.6 Å². The van der Waals surface area contributed by atoms with Gasteiger partial charge in [0.15, 0.2) is 0 Å². The van der Waals surface area contributed by atoms with Crippen LogP contribution in [0.25, 0.3) is 0 Å². The minimum absolute atomic E-state index is 0.251. The van der Waals surface area contributed by atoms with Gasteiger partial charge >= 0.3 is 0 Å². The number of nitrogens with zero attached hydrogens (tertiary/aromatic N) is 2. The Kier molecular flexibility index (Phi) is 4.74. The number of hydrogen-bond acceptors (Lipinski definition) is 3. The zero-order valence-corrected chi connectivity index (χ0v) is 16.0. The lowest BCUT2D eigenvalue weighted by molar-refractivity contribution is -0.140. The summed E-state index contributed by atoms with van der Waals surface area (Å²) in [6.45, 7) is 0.715. The van der Waals surface area contributed by atoms with Crippen LogP contribution in [0.5, 0.6) is 0 Å². The molecule has 0 aromatic heterocycles. The minimum Gasteiger partial charge on any atom is -0.339 e. The van der Waals surface area contributed by atoms with Gasteiger partial charge in [0.05, 0.1) is 12.1 Å². The van der Waals surface area contributed by atoms with E-state index in [1.807, 2.05) is 0 Å². The Labute approximate surface area is 158 Å². The summed E-state index contributed by atoms with van der Waals surface area (Å²) >= 11 is 0. The first kappa shape index (κ1) is 18.8. The molecule has 27 heavy (non-hydrogen) atoms. The number of carbonyl (C=O) groups is 1. The summed E-state index contributed by atoms with van der Waals surface area (Å²) < 4.78 is 55.6. The average Bonchev–Trinajstić information content (AvgIpc) is 3.45. The van der Waals surface area contributed by atoms with Gasteiger partial charge in [0.1, 0.15) is 16.5 Å². The van der Waals surface area contributed by atoms with Crippen LogP contribution in [0.1, 0.15) is 44.9 Å². The molecule has 1 aliphatic heterocycles. The van der Waals surface area contributed by atoms with Crippen molar-refractivity contribution in [1.29, 1.82) is 0 Å². The molecule has 0 atom stereocenters. The first-order chi connectivity index (χ1) is 12.8. The van der Waals surface area contributed by atoms with Crippen LogP contribution in [-0.2, 0) is 14.8 Å². The molecule has 148 valence electrons. The smallest absolute Gasteiger partial charge is 0.247 e. The number of sulfonamides is 1. The van der Waals surface area contributed by atoms with Crippen LogP contribution >= 0.6 is 0 Å². The SMILES string of the molecule is O=C1CN(S(=O)(=O)c2cc(F)ccc2F)C2(CCCCC2)CN1CC1CC1. The van der Waals surface area contributed by atoms with Gasteiger partial charge in [0, 0.05) is 13.1 Å². The molecule has 0 N–H and O–H groups in total. The molecule has 1 spiro atoms. The van der Waals surface area contributed by atoms with Crippen molar-refractivity contribution in [2.24, 2.45) is 5.92 Å². The Morgan fingerprint density at radius 2 is 1.81 bits per heavy atom. The zero-order valence-electron chi connectivity index (χ0n) is 15.2. The second-order valence-electron chi connectivity index (χ2n) is 8.09. The number of halogens is 2. The quantitative estimate of drug-likeness (QED) is 0.784. The molecule has 1 heterocycles. The van der Waals surface area contributed by atoms with Crippen molar-refractivity contribution in [1.82, 2.24) is 9.21 Å². The van der Waals surface area contributed by atoms with Gasteiger partial charge in [0.25, 0.3) is 0 Å². The van der Waals surface area contributed by atoms with E-state index >= 15 is 0 Å². The van der Waals surface area contributed by atoms with E-state index in [0.717, 1.165) is 44.2 Å². The fourth-order valence-corrected chi connectivity index (χ4v) is 6.29. The van der Waals surface area contributed by atoms with Crippen molar-refractivity contribution >= 4 is 15.9 Å². The van der Waals surface area contributed by atoms with Crippen molar-refractivity contribution < 1.29 is 22.0 Å². The summed E-state index contributed by atoms with van der Waals surface area (Å²) in [5, 5.41) is 0. The largest absolute Gasteiger partial charge is 0.339 e. The van der Waals surface area contributed by atoms with Gasteiger partial charge < -0.3 is 4.90 Å². The van der Waals surface area contributed by atoms with Gasteiger partial charge in [-0.25, -0.2) is 17.2 Å². The fraction of sp³-hybridized carbons (Fsp3) is 0.632. The molecule has 4 rings (SSSR count). The van der Waals surface area contributed by atoms with Gasteiger partial charge in [-0.2, -0.15) is 4.31 Å². The Morgan fingerprint density at radius 3 is 2.48 bits per heavy atom. The first-order valence-electron chi connectivity index (χ1n) is 9.58. The molecule has 0 bridgehead atoms. The summed E-state index contributed by atoms with van der Waals surface area (Å²) in [5.74, 6) is -1.54. The summed E-state index contributed by atoms with van der Waals surface area (Å²) in [6.07, 6.45) is 6.22. The van der Waals surface area contributed by atoms with E-state index in [4.69, 9.17) is 0 Å². The number of hydrogen-bond donors (Lipinski definition) is 0. The highest BCUT2D eigenvalue weighted by atomic mass is 32.2. The van der Waals surface area contributed by atoms with Crippen LogP contribution in [-0.4, -0.2) is 48.7 Å². The van der Waals surface area contributed by atoms with Crippen LogP contribution in [0.2, 0.25) is 0 Å². The minimum atomic E-state index is -4.32. The number of amides is 1. The van der Waals surface area contributed by atoms with E-state index in [2.05, 4.69) is 0 Å². The summed E-state index contributed by atoms with van der Waals surface area (Å²) in [4.78, 5) is 13.8. The second kappa shape index (κ2) is 6.81. The van der Waals surface area contributed by atoms with E-state index in [1.165, 1.54) is 4.31 Å². The van der Waals surface area contributed by atoms with Gasteiger partial charge in [-0.3, -0.25) is 4.79 Å². The Hall–Kier alpha value is -1.54. The monoisotopic (exact) mass is 398 g/mol. The van der Waals surface area contributed by atoms with Gasteiger partial charge in [-0.15, -0.1) is 0 Å². The highest BCUT2D eigenvalue weighted by molar-refractivity contribution is 7.89. The molecule has 1 aromatic carbocycles. The predicted molar refractivity (Wildman–Crippen MR) is 95.4 cm³/mol. The molecule has 2 saturated carbocycles. The first-order valence-corrected chi connectivity index (χ1v) is 11.0. The molecule has 8 heteroatoms.